The number of anilines is 4. The van der Waals surface area contributed by atoms with E-state index in [4.69, 9.17) is 32.9 Å². The third-order valence-electron chi connectivity index (χ3n) is 10.4. The molecular formula is C46H38CoN8. The fourth-order valence-corrected chi connectivity index (χ4v) is 7.62. The van der Waals surface area contributed by atoms with Crippen LogP contribution in [0.4, 0.5) is 22.7 Å². The molecule has 55 heavy (non-hydrogen) atoms. The molecule has 0 unspecified atom stereocenters. The summed E-state index contributed by atoms with van der Waals surface area (Å²) in [7, 11) is 4.19. The molecule has 3 aromatic heterocycles. The van der Waals surface area contributed by atoms with Gasteiger partial charge in [0.15, 0.2) is 0 Å². The predicted molar refractivity (Wildman–Crippen MR) is 227 cm³/mol. The van der Waals surface area contributed by atoms with E-state index in [1.165, 1.54) is 0 Å². The molecule has 8 nitrogen and oxygen atoms in total. The molecule has 2 aliphatic rings. The molecule has 0 amide bonds. The Morgan fingerprint density at radius 2 is 0.527 bits per heavy atom. The van der Waals surface area contributed by atoms with Gasteiger partial charge in [-0.05, 0) is 119 Å². The maximum absolute atomic E-state index is 6.19. The summed E-state index contributed by atoms with van der Waals surface area (Å²) in [6, 6.07) is 40.6. The van der Waals surface area contributed by atoms with Gasteiger partial charge in [0, 0.05) is 75.9 Å². The van der Waals surface area contributed by atoms with Crippen molar-refractivity contribution in [2.75, 3.05) is 22.9 Å². The van der Waals surface area contributed by atoms with E-state index in [-0.39, 0.29) is 16.8 Å². The molecular weight excluding hydrogens is 723 g/mol. The number of benzene rings is 4. The Morgan fingerprint density at radius 3 is 0.727 bits per heavy atom. The Morgan fingerprint density at radius 1 is 0.327 bits per heavy atom. The Kier molecular flexibility index (Phi) is 8.88. The second-order valence-electron chi connectivity index (χ2n) is 13.7. The van der Waals surface area contributed by atoms with Crippen molar-refractivity contribution in [3.8, 4) is 44.5 Å². The number of nitrogens with zero attached hydrogens (tertiary/aromatic N) is 4. The summed E-state index contributed by atoms with van der Waals surface area (Å²) in [6.07, 6.45) is 8.42. The van der Waals surface area contributed by atoms with E-state index in [2.05, 4.69) is 120 Å². The maximum atomic E-state index is 6.19. The quantitative estimate of drug-likeness (QED) is 0.132. The molecule has 7 aromatic rings. The first kappa shape index (κ1) is 35.2. The predicted octanol–water partition coefficient (Wildman–Crippen LogP) is 9.67. The standard InChI is InChI=1S/C46H38N8.Co/c1-53-39-23-24-40(53)44(28-5-13-32(48)14-6-28)36-20-22-38(52-36)46(30-9-17-34(50)18-10-30)42-26-25-41(54(42)2)45(29-7-15-33(49)16-8-29)37-21-19-35(51-37)43(39)27-3-11-31(47)12-4-27;/h3-26H,47-50H2,1-2H3;. The number of aryl methyl sites for hydroxylation is 2. The second kappa shape index (κ2) is 13.9. The normalized spacial score (nSPS) is 11.8. The molecule has 4 aromatic carbocycles. The van der Waals surface area contributed by atoms with Gasteiger partial charge in [0.2, 0.25) is 0 Å². The third-order valence-corrected chi connectivity index (χ3v) is 10.4. The van der Waals surface area contributed by atoms with Crippen molar-refractivity contribution >= 4 is 69.1 Å². The molecule has 2 aliphatic heterocycles. The zero-order chi connectivity index (χ0) is 37.1. The monoisotopic (exact) mass is 761 g/mol. The van der Waals surface area contributed by atoms with Gasteiger partial charge in [0.25, 0.3) is 0 Å². The Balaban J connectivity index is 0.00000427. The zero-order valence-electron chi connectivity index (χ0n) is 30.3. The number of nitrogen functional groups attached to an aromatic ring is 4. The number of nitrogens with two attached hydrogens (primary N) is 4. The smallest absolute Gasteiger partial charge is 0.0737 e. The van der Waals surface area contributed by atoms with Crippen LogP contribution < -0.4 is 22.9 Å². The average Bonchev–Trinajstić information content (AvgIpc) is 3.99. The molecule has 0 saturated carbocycles. The van der Waals surface area contributed by atoms with Gasteiger partial charge in [0.1, 0.15) is 0 Å². The topological polar surface area (TPSA) is 140 Å². The fraction of sp³-hybridized carbons (Fsp3) is 0.0435. The first-order valence-electron chi connectivity index (χ1n) is 17.8. The molecule has 271 valence electrons. The van der Waals surface area contributed by atoms with Crippen molar-refractivity contribution in [1.29, 1.82) is 0 Å². The summed E-state index contributed by atoms with van der Waals surface area (Å²) in [4.78, 5) is 10.8. The SMILES string of the molecule is Cn1c2ccc1c(-c1ccc(N)cc1)c1nc(c(-c3ccc(N)cc3)c3ccc(c(-c4ccc(N)cc4)c4nc(c2-c2ccc(N)cc2)C=C4)n3C)C=C1.[Co]. The van der Waals surface area contributed by atoms with E-state index in [1.54, 1.807) is 0 Å². The van der Waals surface area contributed by atoms with Gasteiger partial charge in [0.05, 0.1) is 44.8 Å². The van der Waals surface area contributed by atoms with Gasteiger partial charge in [-0.2, -0.15) is 0 Å². The van der Waals surface area contributed by atoms with E-state index in [1.807, 2.05) is 48.5 Å². The van der Waals surface area contributed by atoms with Crippen LogP contribution in [0.1, 0.15) is 22.8 Å². The maximum Gasteiger partial charge on any atom is 0.0737 e. The van der Waals surface area contributed by atoms with Crippen LogP contribution in [-0.2, 0) is 30.9 Å². The molecule has 9 heteroatoms. The van der Waals surface area contributed by atoms with Crippen LogP contribution in [0.5, 0.6) is 0 Å². The van der Waals surface area contributed by atoms with Crippen molar-refractivity contribution < 1.29 is 16.8 Å². The van der Waals surface area contributed by atoms with E-state index in [0.717, 1.165) is 89.4 Å². The van der Waals surface area contributed by atoms with Gasteiger partial charge < -0.3 is 32.1 Å². The Labute approximate surface area is 329 Å². The summed E-state index contributed by atoms with van der Waals surface area (Å²) >= 11 is 0. The van der Waals surface area contributed by atoms with Crippen LogP contribution in [0.15, 0.2) is 121 Å². The minimum Gasteiger partial charge on any atom is -0.399 e. The van der Waals surface area contributed by atoms with Crippen LogP contribution in [0.2, 0.25) is 0 Å². The summed E-state index contributed by atoms with van der Waals surface area (Å²) < 4.78 is 4.45. The summed E-state index contributed by atoms with van der Waals surface area (Å²) in [5, 5.41) is 0. The van der Waals surface area contributed by atoms with Gasteiger partial charge in [-0.15, -0.1) is 0 Å². The minimum absolute atomic E-state index is 0. The van der Waals surface area contributed by atoms with Gasteiger partial charge in [-0.3, -0.25) is 0 Å². The van der Waals surface area contributed by atoms with Crippen molar-refractivity contribution in [2.45, 2.75) is 0 Å². The van der Waals surface area contributed by atoms with Crippen LogP contribution in [-0.4, -0.2) is 19.1 Å². The molecule has 9 rings (SSSR count). The molecule has 0 spiro atoms. The van der Waals surface area contributed by atoms with Crippen LogP contribution in [0.3, 0.4) is 0 Å². The zero-order valence-corrected chi connectivity index (χ0v) is 31.3. The van der Waals surface area contributed by atoms with Crippen molar-refractivity contribution in [3.63, 3.8) is 0 Å². The first-order chi connectivity index (χ1) is 26.2. The van der Waals surface area contributed by atoms with E-state index in [9.17, 15) is 0 Å². The Hall–Kier alpha value is -6.81. The van der Waals surface area contributed by atoms with Crippen LogP contribution in [0.25, 0.3) is 90.9 Å². The third kappa shape index (κ3) is 6.15. The van der Waals surface area contributed by atoms with Crippen molar-refractivity contribution in [2.24, 2.45) is 14.1 Å². The Bertz CT molecular complexity index is 2460. The van der Waals surface area contributed by atoms with Gasteiger partial charge in [-0.1, -0.05) is 48.5 Å². The molecule has 8 N–H and O–H groups in total. The second-order valence-corrected chi connectivity index (χ2v) is 13.7. The number of hydrogen-bond donors (Lipinski definition) is 4. The largest absolute Gasteiger partial charge is 0.399 e. The van der Waals surface area contributed by atoms with Crippen LogP contribution >= 0.6 is 0 Å². The van der Waals surface area contributed by atoms with Gasteiger partial charge >= 0.3 is 0 Å². The molecule has 1 radical (unpaired) electrons. The molecule has 8 bridgehead atoms. The van der Waals surface area contributed by atoms with Crippen LogP contribution in [0, 0.1) is 0 Å². The van der Waals surface area contributed by atoms with Crippen molar-refractivity contribution in [1.82, 2.24) is 19.1 Å². The number of rotatable bonds is 4. The summed E-state index contributed by atoms with van der Waals surface area (Å²) in [5.41, 5.74) is 42.9. The summed E-state index contributed by atoms with van der Waals surface area (Å²) in [5.74, 6) is 0. The molecule has 0 aliphatic carbocycles. The molecule has 0 saturated heterocycles. The molecule has 5 heterocycles. The van der Waals surface area contributed by atoms with E-state index >= 15 is 0 Å². The minimum atomic E-state index is 0. The van der Waals surface area contributed by atoms with E-state index < -0.39 is 0 Å². The molecule has 0 atom stereocenters. The fourth-order valence-electron chi connectivity index (χ4n) is 7.62. The molecule has 0 fully saturated rings. The number of fused-ring (bicyclic) bond motifs is 8. The van der Waals surface area contributed by atoms with Crippen molar-refractivity contribution in [3.05, 3.63) is 144 Å². The summed E-state index contributed by atoms with van der Waals surface area (Å²) in [6.45, 7) is 0. The number of hydrogen-bond acceptors (Lipinski definition) is 6. The number of aromatic nitrogens is 4. The van der Waals surface area contributed by atoms with Gasteiger partial charge in [-0.25, -0.2) is 9.97 Å². The average molecular weight is 762 g/mol. The first-order valence-corrected chi connectivity index (χ1v) is 17.8. The van der Waals surface area contributed by atoms with E-state index in [0.29, 0.717) is 22.7 Å².